The highest BCUT2D eigenvalue weighted by atomic mass is 16.3. The molecule has 0 bridgehead atoms. The Hall–Kier alpha value is -6.64. The van der Waals surface area contributed by atoms with Crippen LogP contribution in [0, 0.1) is 0 Å². The molecule has 0 aliphatic heterocycles. The quantitative estimate of drug-likeness (QED) is 0.175. The molecule has 234 valence electrons. The first-order chi connectivity index (χ1) is 24.8. The fraction of sp³-hybridized carbons (Fsp3) is 0. The van der Waals surface area contributed by atoms with E-state index in [1.54, 1.807) is 0 Å². The summed E-state index contributed by atoms with van der Waals surface area (Å²) in [5, 5.41) is 9.55. The van der Waals surface area contributed by atoms with Gasteiger partial charge in [-0.1, -0.05) is 146 Å². The molecule has 1 heterocycles. The predicted octanol–water partition coefficient (Wildman–Crippen LogP) is 13.8. The smallest absolute Gasteiger partial charge is 0.137 e. The first-order valence-electron chi connectivity index (χ1n) is 17.1. The molecule has 0 unspecified atom stereocenters. The second-order valence-electron chi connectivity index (χ2n) is 12.9. The Morgan fingerprint density at radius 2 is 0.940 bits per heavy atom. The molecule has 0 aliphatic carbocycles. The molecule has 2 nitrogen and oxygen atoms in total. The lowest BCUT2D eigenvalue weighted by Gasteiger charge is -2.27. The molecule has 0 saturated carbocycles. The fourth-order valence-electron chi connectivity index (χ4n) is 7.70. The summed E-state index contributed by atoms with van der Waals surface area (Å²) < 4.78 is 6.76. The number of furan rings is 1. The Labute approximate surface area is 290 Å². The van der Waals surface area contributed by atoms with Gasteiger partial charge in [-0.05, 0) is 97.0 Å². The van der Waals surface area contributed by atoms with Crippen LogP contribution in [-0.4, -0.2) is 0 Å². The standard InChI is InChI=1S/C48H31NO/c1-3-12-32(13-4-1)33-24-27-37(28-25-33)49(38-29-26-36-23-22-35-16-7-8-17-39(35)42(36)30-38)44-20-11-21-45-48(44)47-41-19-10-9-18-40(41)43(31-46(47)50-45)34-14-5-2-6-15-34/h1-31H. The molecule has 0 radical (unpaired) electrons. The molecule has 0 spiro atoms. The van der Waals surface area contributed by atoms with Crippen LogP contribution in [0.3, 0.4) is 0 Å². The highest BCUT2D eigenvalue weighted by molar-refractivity contribution is 6.25. The minimum atomic E-state index is 0.866. The van der Waals surface area contributed by atoms with Crippen molar-refractivity contribution in [2.45, 2.75) is 0 Å². The number of benzene rings is 9. The van der Waals surface area contributed by atoms with Gasteiger partial charge in [0.05, 0.1) is 11.1 Å². The van der Waals surface area contributed by atoms with E-state index in [1.807, 2.05) is 0 Å². The molecular weight excluding hydrogens is 607 g/mol. The van der Waals surface area contributed by atoms with E-state index in [4.69, 9.17) is 4.42 Å². The highest BCUT2D eigenvalue weighted by Gasteiger charge is 2.22. The number of rotatable bonds is 5. The lowest BCUT2D eigenvalue weighted by Crippen LogP contribution is -2.10. The third-order valence-electron chi connectivity index (χ3n) is 10.0. The van der Waals surface area contributed by atoms with Gasteiger partial charge >= 0.3 is 0 Å². The van der Waals surface area contributed by atoms with Gasteiger partial charge in [-0.2, -0.15) is 0 Å². The maximum atomic E-state index is 6.76. The Balaban J connectivity index is 1.26. The molecule has 10 rings (SSSR count). The molecule has 0 atom stereocenters. The molecule has 2 heteroatoms. The van der Waals surface area contributed by atoms with Crippen LogP contribution in [0.4, 0.5) is 17.1 Å². The number of hydrogen-bond donors (Lipinski definition) is 0. The summed E-state index contributed by atoms with van der Waals surface area (Å²) in [6.45, 7) is 0. The Morgan fingerprint density at radius 3 is 1.72 bits per heavy atom. The third kappa shape index (κ3) is 4.57. The molecule has 9 aromatic carbocycles. The molecule has 0 aliphatic rings. The zero-order valence-electron chi connectivity index (χ0n) is 27.3. The SMILES string of the molecule is c1ccc(-c2ccc(N(c3ccc4ccc5ccccc5c4c3)c3cccc4oc5cc(-c6ccccc6)c6ccccc6c5c34)cc2)cc1. The van der Waals surface area contributed by atoms with E-state index in [9.17, 15) is 0 Å². The number of anilines is 3. The van der Waals surface area contributed by atoms with E-state index in [1.165, 1.54) is 54.6 Å². The van der Waals surface area contributed by atoms with Gasteiger partial charge in [0.25, 0.3) is 0 Å². The van der Waals surface area contributed by atoms with Crippen LogP contribution in [0.25, 0.3) is 76.5 Å². The van der Waals surface area contributed by atoms with Crippen LogP contribution in [0.15, 0.2) is 192 Å². The van der Waals surface area contributed by atoms with Crippen molar-refractivity contribution in [3.63, 3.8) is 0 Å². The van der Waals surface area contributed by atoms with Crippen molar-refractivity contribution < 1.29 is 4.42 Å². The summed E-state index contributed by atoms with van der Waals surface area (Å²) in [5.41, 5.74) is 9.73. The predicted molar refractivity (Wildman–Crippen MR) is 212 cm³/mol. The second kappa shape index (κ2) is 11.5. The van der Waals surface area contributed by atoms with Crippen LogP contribution in [-0.2, 0) is 0 Å². The average Bonchev–Trinajstić information content (AvgIpc) is 3.58. The minimum absolute atomic E-state index is 0.866. The topological polar surface area (TPSA) is 16.4 Å². The molecule has 0 fully saturated rings. The Kier molecular flexibility index (Phi) is 6.53. The van der Waals surface area contributed by atoms with E-state index < -0.39 is 0 Å². The zero-order valence-corrected chi connectivity index (χ0v) is 27.3. The molecule has 50 heavy (non-hydrogen) atoms. The summed E-state index contributed by atoms with van der Waals surface area (Å²) in [6.07, 6.45) is 0. The van der Waals surface area contributed by atoms with Crippen LogP contribution in [0.2, 0.25) is 0 Å². The first-order valence-corrected chi connectivity index (χ1v) is 17.1. The molecule has 1 aromatic heterocycles. The van der Waals surface area contributed by atoms with Gasteiger partial charge in [-0.3, -0.25) is 0 Å². The molecule has 10 aromatic rings. The average molecular weight is 638 g/mol. The van der Waals surface area contributed by atoms with Gasteiger partial charge in [0, 0.05) is 16.8 Å². The number of nitrogens with zero attached hydrogens (tertiary/aromatic N) is 1. The zero-order chi connectivity index (χ0) is 33.0. The molecular formula is C48H31NO. The number of hydrogen-bond acceptors (Lipinski definition) is 2. The maximum Gasteiger partial charge on any atom is 0.137 e. The lowest BCUT2D eigenvalue weighted by atomic mass is 9.94. The normalized spacial score (nSPS) is 11.6. The van der Waals surface area contributed by atoms with Crippen molar-refractivity contribution in [3.8, 4) is 22.3 Å². The van der Waals surface area contributed by atoms with Gasteiger partial charge in [0.2, 0.25) is 0 Å². The minimum Gasteiger partial charge on any atom is -0.456 e. The largest absolute Gasteiger partial charge is 0.456 e. The summed E-state index contributed by atoms with van der Waals surface area (Å²) in [7, 11) is 0. The van der Waals surface area contributed by atoms with Crippen molar-refractivity contribution in [2.24, 2.45) is 0 Å². The lowest BCUT2D eigenvalue weighted by molar-refractivity contribution is 0.669. The Bertz CT molecular complexity index is 2850. The van der Waals surface area contributed by atoms with Crippen molar-refractivity contribution in [3.05, 3.63) is 188 Å². The van der Waals surface area contributed by atoms with Crippen molar-refractivity contribution >= 4 is 71.3 Å². The molecule has 0 N–H and O–H groups in total. The fourth-order valence-corrected chi connectivity index (χ4v) is 7.70. The Morgan fingerprint density at radius 1 is 0.340 bits per heavy atom. The third-order valence-corrected chi connectivity index (χ3v) is 10.0. The van der Waals surface area contributed by atoms with Gasteiger partial charge in [-0.15, -0.1) is 0 Å². The second-order valence-corrected chi connectivity index (χ2v) is 12.9. The monoisotopic (exact) mass is 637 g/mol. The van der Waals surface area contributed by atoms with Gasteiger partial charge < -0.3 is 9.32 Å². The van der Waals surface area contributed by atoms with Gasteiger partial charge in [-0.25, -0.2) is 0 Å². The summed E-state index contributed by atoms with van der Waals surface area (Å²) in [4.78, 5) is 2.40. The van der Waals surface area contributed by atoms with E-state index in [2.05, 4.69) is 193 Å². The van der Waals surface area contributed by atoms with Crippen molar-refractivity contribution in [1.29, 1.82) is 0 Å². The summed E-state index contributed by atoms with van der Waals surface area (Å²) in [5.74, 6) is 0. The molecule has 0 amide bonds. The first kappa shape index (κ1) is 28.4. The number of fused-ring (bicyclic) bond motifs is 8. The van der Waals surface area contributed by atoms with Gasteiger partial charge in [0.15, 0.2) is 0 Å². The van der Waals surface area contributed by atoms with Gasteiger partial charge in [0.1, 0.15) is 11.2 Å². The maximum absolute atomic E-state index is 6.76. The highest BCUT2D eigenvalue weighted by Crippen LogP contribution is 2.47. The summed E-state index contributed by atoms with van der Waals surface area (Å²) >= 11 is 0. The van der Waals surface area contributed by atoms with E-state index >= 15 is 0 Å². The van der Waals surface area contributed by atoms with E-state index in [0.717, 1.165) is 39.0 Å². The van der Waals surface area contributed by atoms with Crippen LogP contribution >= 0.6 is 0 Å². The van der Waals surface area contributed by atoms with Crippen LogP contribution < -0.4 is 4.90 Å². The molecule has 0 saturated heterocycles. The van der Waals surface area contributed by atoms with E-state index in [0.29, 0.717) is 0 Å². The van der Waals surface area contributed by atoms with Crippen LogP contribution in [0.5, 0.6) is 0 Å². The van der Waals surface area contributed by atoms with Crippen molar-refractivity contribution in [1.82, 2.24) is 0 Å². The van der Waals surface area contributed by atoms with Crippen molar-refractivity contribution in [2.75, 3.05) is 4.90 Å². The summed E-state index contributed by atoms with van der Waals surface area (Å²) in [6, 6.07) is 67.4. The van der Waals surface area contributed by atoms with E-state index in [-0.39, 0.29) is 0 Å². The van der Waals surface area contributed by atoms with Crippen LogP contribution in [0.1, 0.15) is 0 Å².